The van der Waals surface area contributed by atoms with Crippen LogP contribution in [0.3, 0.4) is 0 Å². The molecule has 0 aliphatic heterocycles. The quantitative estimate of drug-likeness (QED) is 0.625. The molecule has 5 heteroatoms. The van der Waals surface area contributed by atoms with E-state index in [-0.39, 0.29) is 6.04 Å². The molecular weight excluding hydrogens is 264 g/mol. The SMILES string of the molecule is CCCn1ncc(OC)c1C(NN)C1CCC(C)(C)CC1. The second-order valence-corrected chi connectivity index (χ2v) is 6.97. The van der Waals surface area contributed by atoms with Crippen LogP contribution in [0.15, 0.2) is 6.20 Å². The van der Waals surface area contributed by atoms with Gasteiger partial charge in [0.2, 0.25) is 0 Å². The molecule has 0 saturated heterocycles. The number of methoxy groups -OCH3 is 1. The van der Waals surface area contributed by atoms with Crippen LogP contribution < -0.4 is 16.0 Å². The number of aromatic nitrogens is 2. The van der Waals surface area contributed by atoms with Crippen molar-refractivity contribution in [2.45, 2.75) is 65.5 Å². The summed E-state index contributed by atoms with van der Waals surface area (Å²) in [6, 6.07) is 0.116. The van der Waals surface area contributed by atoms with Gasteiger partial charge in [0.15, 0.2) is 5.75 Å². The van der Waals surface area contributed by atoms with Crippen LogP contribution in [0.2, 0.25) is 0 Å². The number of nitrogens with two attached hydrogens (primary N) is 1. The summed E-state index contributed by atoms with van der Waals surface area (Å²) in [5.74, 6) is 7.29. The van der Waals surface area contributed by atoms with Gasteiger partial charge in [-0.1, -0.05) is 20.8 Å². The maximum atomic E-state index is 5.90. The minimum atomic E-state index is 0.116. The highest BCUT2D eigenvalue weighted by molar-refractivity contribution is 5.29. The van der Waals surface area contributed by atoms with Crippen LogP contribution in [0.5, 0.6) is 5.75 Å². The lowest BCUT2D eigenvalue weighted by Gasteiger charge is -2.38. The predicted octanol–water partition coefficient (Wildman–Crippen LogP) is 3.02. The number of nitrogens with zero attached hydrogens (tertiary/aromatic N) is 2. The molecule has 3 N–H and O–H groups in total. The predicted molar refractivity (Wildman–Crippen MR) is 84.9 cm³/mol. The Balaban J connectivity index is 2.23. The van der Waals surface area contributed by atoms with Crippen molar-refractivity contribution in [2.75, 3.05) is 7.11 Å². The van der Waals surface area contributed by atoms with Gasteiger partial charge < -0.3 is 4.74 Å². The van der Waals surface area contributed by atoms with E-state index in [9.17, 15) is 0 Å². The number of nitrogens with one attached hydrogen (secondary N) is 1. The molecule has 0 aromatic carbocycles. The highest BCUT2D eigenvalue weighted by Gasteiger charge is 2.34. The number of hydrogen-bond acceptors (Lipinski definition) is 4. The van der Waals surface area contributed by atoms with Crippen molar-refractivity contribution in [3.05, 3.63) is 11.9 Å². The van der Waals surface area contributed by atoms with E-state index in [1.54, 1.807) is 7.11 Å². The molecule has 1 fully saturated rings. The van der Waals surface area contributed by atoms with E-state index in [2.05, 4.69) is 31.3 Å². The van der Waals surface area contributed by atoms with Crippen LogP contribution in [-0.4, -0.2) is 16.9 Å². The molecule has 1 aromatic heterocycles. The Morgan fingerprint density at radius 2 is 2.14 bits per heavy atom. The standard InChI is InChI=1S/C16H30N4O/c1-5-10-20-15(13(21-4)11-18-20)14(19-17)12-6-8-16(2,3)9-7-12/h11-12,14,19H,5-10,17H2,1-4H3. The van der Waals surface area contributed by atoms with E-state index >= 15 is 0 Å². The van der Waals surface area contributed by atoms with Gasteiger partial charge in [-0.3, -0.25) is 16.0 Å². The Kier molecular flexibility index (Phi) is 5.27. The monoisotopic (exact) mass is 294 g/mol. The summed E-state index contributed by atoms with van der Waals surface area (Å²) in [5.41, 5.74) is 4.60. The maximum Gasteiger partial charge on any atom is 0.161 e. The number of ether oxygens (including phenoxy) is 1. The summed E-state index contributed by atoms with van der Waals surface area (Å²) in [7, 11) is 1.70. The van der Waals surface area contributed by atoms with Gasteiger partial charge in [0, 0.05) is 6.54 Å². The van der Waals surface area contributed by atoms with Crippen molar-refractivity contribution in [1.82, 2.24) is 15.2 Å². The molecule has 1 aromatic rings. The topological polar surface area (TPSA) is 65.1 Å². The molecule has 1 aliphatic carbocycles. The van der Waals surface area contributed by atoms with Crippen LogP contribution in [0.4, 0.5) is 0 Å². The molecule has 0 radical (unpaired) electrons. The lowest BCUT2D eigenvalue weighted by Crippen LogP contribution is -2.38. The summed E-state index contributed by atoms with van der Waals surface area (Å²) < 4.78 is 7.55. The normalized spacial score (nSPS) is 20.4. The van der Waals surface area contributed by atoms with Crippen LogP contribution in [-0.2, 0) is 6.54 Å². The van der Waals surface area contributed by atoms with Gasteiger partial charge in [-0.2, -0.15) is 5.10 Å². The summed E-state index contributed by atoms with van der Waals surface area (Å²) in [6.07, 6.45) is 7.75. The molecule has 120 valence electrons. The van der Waals surface area contributed by atoms with Gasteiger partial charge in [0.1, 0.15) is 0 Å². The molecule has 2 rings (SSSR count). The van der Waals surface area contributed by atoms with E-state index in [1.807, 2.05) is 10.9 Å². The van der Waals surface area contributed by atoms with Crippen LogP contribution in [0, 0.1) is 11.3 Å². The zero-order valence-electron chi connectivity index (χ0n) is 13.9. The first-order valence-corrected chi connectivity index (χ1v) is 8.08. The Morgan fingerprint density at radius 1 is 1.48 bits per heavy atom. The van der Waals surface area contributed by atoms with Crippen molar-refractivity contribution in [2.24, 2.45) is 17.2 Å². The largest absolute Gasteiger partial charge is 0.493 e. The van der Waals surface area contributed by atoms with E-state index in [0.29, 0.717) is 11.3 Å². The third-order valence-corrected chi connectivity index (χ3v) is 4.83. The van der Waals surface area contributed by atoms with Crippen molar-refractivity contribution < 1.29 is 4.74 Å². The minimum absolute atomic E-state index is 0.116. The third-order valence-electron chi connectivity index (χ3n) is 4.83. The first kappa shape index (κ1) is 16.3. The Bertz CT molecular complexity index is 445. The fraction of sp³-hybridized carbons (Fsp3) is 0.812. The van der Waals surface area contributed by atoms with Gasteiger partial charge >= 0.3 is 0 Å². The van der Waals surface area contributed by atoms with Gasteiger partial charge in [-0.05, 0) is 43.4 Å². The molecule has 0 bridgehead atoms. The molecule has 0 spiro atoms. The number of hydrazine groups is 1. The Hall–Kier alpha value is -1.07. The average molecular weight is 294 g/mol. The molecule has 1 saturated carbocycles. The van der Waals surface area contributed by atoms with E-state index in [4.69, 9.17) is 10.6 Å². The number of hydrogen-bond donors (Lipinski definition) is 2. The second-order valence-electron chi connectivity index (χ2n) is 6.97. The molecule has 1 aliphatic rings. The van der Waals surface area contributed by atoms with Gasteiger partial charge in [0.25, 0.3) is 0 Å². The van der Waals surface area contributed by atoms with Crippen molar-refractivity contribution in [1.29, 1.82) is 0 Å². The molecule has 1 heterocycles. The smallest absolute Gasteiger partial charge is 0.161 e. The average Bonchev–Trinajstić information content (AvgIpc) is 2.85. The second kappa shape index (κ2) is 6.79. The van der Waals surface area contributed by atoms with Crippen LogP contribution >= 0.6 is 0 Å². The van der Waals surface area contributed by atoms with E-state index < -0.39 is 0 Å². The molecular formula is C16H30N4O. The van der Waals surface area contributed by atoms with Crippen LogP contribution in [0.1, 0.15) is 64.6 Å². The van der Waals surface area contributed by atoms with Crippen molar-refractivity contribution in [3.8, 4) is 5.75 Å². The minimum Gasteiger partial charge on any atom is -0.493 e. The molecule has 1 unspecified atom stereocenters. The van der Waals surface area contributed by atoms with E-state index in [0.717, 1.165) is 24.4 Å². The molecule has 0 amide bonds. The zero-order valence-corrected chi connectivity index (χ0v) is 13.9. The first-order chi connectivity index (χ1) is 10.0. The van der Waals surface area contributed by atoms with Gasteiger partial charge in [0.05, 0.1) is 25.0 Å². The maximum absolute atomic E-state index is 5.90. The molecule has 1 atom stereocenters. The fourth-order valence-electron chi connectivity index (χ4n) is 3.43. The first-order valence-electron chi connectivity index (χ1n) is 8.08. The lowest BCUT2D eigenvalue weighted by atomic mass is 9.70. The highest BCUT2D eigenvalue weighted by Crippen LogP contribution is 2.43. The summed E-state index contributed by atoms with van der Waals surface area (Å²) >= 11 is 0. The van der Waals surface area contributed by atoms with Gasteiger partial charge in [-0.15, -0.1) is 0 Å². The van der Waals surface area contributed by atoms with Crippen LogP contribution in [0.25, 0.3) is 0 Å². The lowest BCUT2D eigenvalue weighted by molar-refractivity contribution is 0.156. The summed E-state index contributed by atoms with van der Waals surface area (Å²) in [4.78, 5) is 0. The van der Waals surface area contributed by atoms with Crippen molar-refractivity contribution >= 4 is 0 Å². The zero-order chi connectivity index (χ0) is 15.5. The summed E-state index contributed by atoms with van der Waals surface area (Å²) in [6.45, 7) is 7.77. The van der Waals surface area contributed by atoms with Gasteiger partial charge in [-0.25, -0.2) is 0 Å². The Morgan fingerprint density at radius 3 is 2.67 bits per heavy atom. The number of rotatable bonds is 6. The van der Waals surface area contributed by atoms with Crippen molar-refractivity contribution in [3.63, 3.8) is 0 Å². The summed E-state index contributed by atoms with van der Waals surface area (Å²) in [5, 5.41) is 4.47. The number of aryl methyl sites for hydroxylation is 1. The van der Waals surface area contributed by atoms with E-state index in [1.165, 1.54) is 25.7 Å². The highest BCUT2D eigenvalue weighted by atomic mass is 16.5. The Labute approximate surface area is 128 Å². The fourth-order valence-corrected chi connectivity index (χ4v) is 3.43. The molecule has 5 nitrogen and oxygen atoms in total. The third kappa shape index (κ3) is 3.58. The molecule has 21 heavy (non-hydrogen) atoms.